The first-order chi connectivity index (χ1) is 10.2. The van der Waals surface area contributed by atoms with E-state index in [1.807, 2.05) is 0 Å². The molecule has 4 heteroatoms. The summed E-state index contributed by atoms with van der Waals surface area (Å²) in [6, 6.07) is 0. The van der Waals surface area contributed by atoms with Crippen molar-refractivity contribution in [1.82, 2.24) is 0 Å². The second-order valence-electron chi connectivity index (χ2n) is 6.08. The van der Waals surface area contributed by atoms with Crippen LogP contribution < -0.4 is 0 Å². The molecule has 0 aromatic rings. The number of carbonyl (C=O) groups excluding carboxylic acids is 1. The zero-order valence-electron chi connectivity index (χ0n) is 13.7. The van der Waals surface area contributed by atoms with E-state index in [0.29, 0.717) is 6.42 Å². The van der Waals surface area contributed by atoms with Crippen molar-refractivity contribution in [1.29, 1.82) is 0 Å². The molecule has 1 aliphatic heterocycles. The Morgan fingerprint density at radius 3 is 2.10 bits per heavy atom. The molecular formula is C17H32O4. The molecule has 1 rings (SSSR count). The van der Waals surface area contributed by atoms with Gasteiger partial charge < -0.3 is 14.6 Å². The van der Waals surface area contributed by atoms with Gasteiger partial charge >= 0.3 is 5.97 Å². The number of aliphatic hydroxyl groups is 1. The zero-order chi connectivity index (χ0) is 15.5. The van der Waals surface area contributed by atoms with E-state index in [4.69, 9.17) is 4.74 Å². The largest absolute Gasteiger partial charge is 0.467 e. The van der Waals surface area contributed by atoms with Crippen LogP contribution in [0.25, 0.3) is 0 Å². The van der Waals surface area contributed by atoms with E-state index in [-0.39, 0.29) is 12.1 Å². The monoisotopic (exact) mass is 300 g/mol. The molecule has 0 spiro atoms. The lowest BCUT2D eigenvalue weighted by Crippen LogP contribution is -2.21. The van der Waals surface area contributed by atoms with E-state index in [0.717, 1.165) is 12.8 Å². The van der Waals surface area contributed by atoms with Crippen LogP contribution in [-0.2, 0) is 14.3 Å². The normalized spacial score (nSPS) is 22.0. The van der Waals surface area contributed by atoms with Gasteiger partial charge in [0.1, 0.15) is 6.10 Å². The summed E-state index contributed by atoms with van der Waals surface area (Å²) in [4.78, 5) is 11.2. The molecule has 1 heterocycles. The average Bonchev–Trinajstić information content (AvgIpc) is 3.28. The lowest BCUT2D eigenvalue weighted by molar-refractivity contribution is -0.142. The van der Waals surface area contributed by atoms with Crippen LogP contribution in [0.3, 0.4) is 0 Å². The van der Waals surface area contributed by atoms with Crippen LogP contribution in [0.5, 0.6) is 0 Å². The van der Waals surface area contributed by atoms with Gasteiger partial charge in [0, 0.05) is 0 Å². The predicted molar refractivity (Wildman–Crippen MR) is 83.1 cm³/mol. The number of unbranched alkanes of at least 4 members (excludes halogenated alkanes) is 9. The average molecular weight is 300 g/mol. The molecule has 1 saturated heterocycles. The number of aliphatic hydroxyl groups excluding tert-OH is 1. The highest BCUT2D eigenvalue weighted by molar-refractivity contribution is 5.77. The number of rotatable bonds is 13. The smallest absolute Gasteiger partial charge is 0.337 e. The number of esters is 1. The third-order valence-electron chi connectivity index (χ3n) is 4.19. The maximum atomic E-state index is 11.2. The van der Waals surface area contributed by atoms with Crippen molar-refractivity contribution in [3.8, 4) is 0 Å². The third-order valence-corrected chi connectivity index (χ3v) is 4.19. The maximum Gasteiger partial charge on any atom is 0.337 e. The predicted octanol–water partition coefficient (Wildman–Crippen LogP) is 3.60. The summed E-state index contributed by atoms with van der Waals surface area (Å²) in [5.74, 6) is -0.373. The van der Waals surface area contributed by atoms with Crippen molar-refractivity contribution in [3.05, 3.63) is 0 Å². The lowest BCUT2D eigenvalue weighted by atomic mass is 10.0. The molecular weight excluding hydrogens is 268 g/mol. The van der Waals surface area contributed by atoms with Gasteiger partial charge in [0.05, 0.1) is 13.2 Å². The molecule has 4 nitrogen and oxygen atoms in total. The zero-order valence-corrected chi connectivity index (χ0v) is 13.7. The van der Waals surface area contributed by atoms with Crippen LogP contribution in [0.15, 0.2) is 0 Å². The molecule has 21 heavy (non-hydrogen) atoms. The summed E-state index contributed by atoms with van der Waals surface area (Å²) >= 11 is 0. The van der Waals surface area contributed by atoms with Gasteiger partial charge in [-0.15, -0.1) is 0 Å². The Morgan fingerprint density at radius 1 is 1.05 bits per heavy atom. The summed E-state index contributed by atoms with van der Waals surface area (Å²) in [5.41, 5.74) is 0. The van der Waals surface area contributed by atoms with Gasteiger partial charge in [-0.2, -0.15) is 0 Å². The quantitative estimate of drug-likeness (QED) is 0.321. The second-order valence-corrected chi connectivity index (χ2v) is 6.08. The van der Waals surface area contributed by atoms with E-state index < -0.39 is 12.2 Å². The van der Waals surface area contributed by atoms with Crippen molar-refractivity contribution in [2.24, 2.45) is 0 Å². The Bertz CT molecular complexity index is 280. The van der Waals surface area contributed by atoms with Gasteiger partial charge in [-0.1, -0.05) is 71.1 Å². The fourth-order valence-corrected chi connectivity index (χ4v) is 2.73. The number of carbonyl (C=O) groups is 1. The number of hydrogen-bond acceptors (Lipinski definition) is 4. The van der Waals surface area contributed by atoms with Crippen LogP contribution in [-0.4, -0.2) is 36.5 Å². The Morgan fingerprint density at radius 2 is 1.57 bits per heavy atom. The van der Waals surface area contributed by atoms with Crippen LogP contribution in [0, 0.1) is 0 Å². The highest BCUT2D eigenvalue weighted by atomic mass is 16.6. The number of methoxy groups -OCH3 is 1. The summed E-state index contributed by atoms with van der Waals surface area (Å²) in [5, 5.41) is 9.89. The van der Waals surface area contributed by atoms with Gasteiger partial charge in [-0.25, -0.2) is 4.79 Å². The molecule has 1 fully saturated rings. The SMILES string of the molecule is CCCCCCCCCCCCC(O)C1OC1C(=O)OC. The van der Waals surface area contributed by atoms with E-state index in [2.05, 4.69) is 11.7 Å². The van der Waals surface area contributed by atoms with E-state index in [1.54, 1.807) is 0 Å². The summed E-state index contributed by atoms with van der Waals surface area (Å²) < 4.78 is 9.73. The van der Waals surface area contributed by atoms with Gasteiger partial charge in [-0.3, -0.25) is 0 Å². The number of epoxide rings is 1. The first kappa shape index (κ1) is 18.4. The molecule has 3 atom stereocenters. The topological polar surface area (TPSA) is 59.1 Å². The first-order valence-corrected chi connectivity index (χ1v) is 8.62. The van der Waals surface area contributed by atoms with E-state index >= 15 is 0 Å². The van der Waals surface area contributed by atoms with Gasteiger partial charge in [0.25, 0.3) is 0 Å². The van der Waals surface area contributed by atoms with Crippen molar-refractivity contribution < 1.29 is 19.4 Å². The van der Waals surface area contributed by atoms with E-state index in [1.165, 1.54) is 58.5 Å². The molecule has 1 aliphatic rings. The summed E-state index contributed by atoms with van der Waals surface area (Å²) in [7, 11) is 1.34. The van der Waals surface area contributed by atoms with Crippen LogP contribution >= 0.6 is 0 Å². The Kier molecular flexibility index (Phi) is 9.68. The molecule has 0 amide bonds. The summed E-state index contributed by atoms with van der Waals surface area (Å²) in [6.45, 7) is 2.24. The molecule has 3 unspecified atom stereocenters. The molecule has 0 aromatic heterocycles. The molecule has 0 saturated carbocycles. The standard InChI is InChI=1S/C17H32O4/c1-3-4-5-6-7-8-9-10-11-12-13-14(18)15-16(21-15)17(19)20-2/h14-16,18H,3-13H2,1-2H3. The Hall–Kier alpha value is -0.610. The van der Waals surface area contributed by atoms with Crippen molar-refractivity contribution in [2.45, 2.75) is 95.9 Å². The Balaban J connectivity index is 1.85. The maximum absolute atomic E-state index is 11.2. The number of hydrogen-bond donors (Lipinski definition) is 1. The number of ether oxygens (including phenoxy) is 2. The highest BCUT2D eigenvalue weighted by Gasteiger charge is 2.50. The van der Waals surface area contributed by atoms with Crippen LogP contribution in [0.1, 0.15) is 77.6 Å². The van der Waals surface area contributed by atoms with Crippen LogP contribution in [0.4, 0.5) is 0 Å². The summed E-state index contributed by atoms with van der Waals surface area (Å²) in [6.07, 6.45) is 12.2. The fraction of sp³-hybridized carbons (Fsp3) is 0.941. The van der Waals surface area contributed by atoms with Crippen molar-refractivity contribution >= 4 is 5.97 Å². The van der Waals surface area contributed by atoms with Gasteiger partial charge in [-0.05, 0) is 6.42 Å². The van der Waals surface area contributed by atoms with Crippen molar-refractivity contribution in [2.75, 3.05) is 7.11 Å². The minimum Gasteiger partial charge on any atom is -0.467 e. The molecule has 1 N–H and O–H groups in total. The van der Waals surface area contributed by atoms with Crippen molar-refractivity contribution in [3.63, 3.8) is 0 Å². The minimum absolute atomic E-state index is 0.337. The minimum atomic E-state index is -0.534. The van der Waals surface area contributed by atoms with Gasteiger partial charge in [0.2, 0.25) is 0 Å². The molecule has 124 valence electrons. The van der Waals surface area contributed by atoms with Gasteiger partial charge in [0.15, 0.2) is 6.10 Å². The molecule has 0 aromatic carbocycles. The molecule has 0 radical (unpaired) electrons. The fourth-order valence-electron chi connectivity index (χ4n) is 2.73. The molecule has 0 aliphatic carbocycles. The highest BCUT2D eigenvalue weighted by Crippen LogP contribution is 2.29. The first-order valence-electron chi connectivity index (χ1n) is 8.62. The lowest BCUT2D eigenvalue weighted by Gasteiger charge is -2.07. The van der Waals surface area contributed by atoms with Crippen LogP contribution in [0.2, 0.25) is 0 Å². The third kappa shape index (κ3) is 7.82. The second kappa shape index (κ2) is 11.0. The Labute approximate surface area is 129 Å². The molecule has 0 bridgehead atoms. The van der Waals surface area contributed by atoms with E-state index in [9.17, 15) is 9.90 Å².